The van der Waals surface area contributed by atoms with E-state index in [9.17, 15) is 9.90 Å². The summed E-state index contributed by atoms with van der Waals surface area (Å²) in [7, 11) is 1.59. The minimum absolute atomic E-state index is 0.302. The van der Waals surface area contributed by atoms with E-state index in [2.05, 4.69) is 4.98 Å². The summed E-state index contributed by atoms with van der Waals surface area (Å²) in [4.78, 5) is 16.0. The third-order valence-corrected chi connectivity index (χ3v) is 3.63. The summed E-state index contributed by atoms with van der Waals surface area (Å²) >= 11 is 0. The van der Waals surface area contributed by atoms with Gasteiger partial charge in [-0.15, -0.1) is 0 Å². The van der Waals surface area contributed by atoms with Crippen LogP contribution >= 0.6 is 0 Å². The number of ether oxygens (including phenoxy) is 1. The average Bonchev–Trinajstić information content (AvgIpc) is 2.70. The Morgan fingerprint density at radius 2 is 2.05 bits per heavy atom. The molecule has 2 rings (SSSR count). The van der Waals surface area contributed by atoms with Crippen LogP contribution in [0.1, 0.15) is 36.3 Å². The third kappa shape index (κ3) is 2.41. The zero-order valence-electron chi connectivity index (χ0n) is 12.3. The number of aliphatic carboxylic acids is 1. The van der Waals surface area contributed by atoms with Crippen molar-refractivity contribution in [3.05, 3.63) is 29.1 Å². The van der Waals surface area contributed by atoms with E-state index in [4.69, 9.17) is 4.74 Å². The van der Waals surface area contributed by atoms with E-state index in [1.54, 1.807) is 11.7 Å². The van der Waals surface area contributed by atoms with E-state index < -0.39 is 12.0 Å². The van der Waals surface area contributed by atoms with Crippen LogP contribution in [0.5, 0.6) is 0 Å². The fourth-order valence-electron chi connectivity index (χ4n) is 2.45. The number of aryl methyl sites for hydroxylation is 2. The van der Waals surface area contributed by atoms with Crippen molar-refractivity contribution in [2.75, 3.05) is 7.11 Å². The number of hydrogen-bond donors (Lipinski definition) is 1. The van der Waals surface area contributed by atoms with Gasteiger partial charge in [0.1, 0.15) is 18.5 Å². The Hall–Kier alpha value is -1.88. The van der Waals surface area contributed by atoms with Gasteiger partial charge in [-0.3, -0.25) is 0 Å². The molecule has 0 fully saturated rings. The summed E-state index contributed by atoms with van der Waals surface area (Å²) in [6.45, 7) is 6.21. The topological polar surface area (TPSA) is 64.3 Å². The van der Waals surface area contributed by atoms with Gasteiger partial charge in [0.05, 0.1) is 11.0 Å². The van der Waals surface area contributed by atoms with Gasteiger partial charge in [-0.1, -0.05) is 6.92 Å². The van der Waals surface area contributed by atoms with Gasteiger partial charge in [0, 0.05) is 7.11 Å². The summed E-state index contributed by atoms with van der Waals surface area (Å²) in [6, 6.07) is 3.38. The Morgan fingerprint density at radius 3 is 2.60 bits per heavy atom. The molecule has 5 heteroatoms. The molecule has 0 saturated heterocycles. The lowest BCUT2D eigenvalue weighted by Gasteiger charge is -2.16. The summed E-state index contributed by atoms with van der Waals surface area (Å²) in [5.41, 5.74) is 3.95. The average molecular weight is 276 g/mol. The monoisotopic (exact) mass is 276 g/mol. The number of carboxylic acids is 1. The van der Waals surface area contributed by atoms with Crippen LogP contribution in [0.25, 0.3) is 11.0 Å². The molecule has 0 spiro atoms. The number of carbonyl (C=O) groups is 1. The standard InChI is InChI=1S/C15H20N2O3/c1-5-12(15(18)19)17-13-7-10(3)9(2)6-11(13)16-14(17)8-20-4/h6-7,12H,5,8H2,1-4H3,(H,18,19). The number of fused-ring (bicyclic) bond motifs is 1. The second-order valence-corrected chi connectivity index (χ2v) is 5.02. The predicted molar refractivity (Wildman–Crippen MR) is 76.9 cm³/mol. The van der Waals surface area contributed by atoms with Crippen LogP contribution in [0.2, 0.25) is 0 Å². The Labute approximate surface area is 118 Å². The molecule has 5 nitrogen and oxygen atoms in total. The van der Waals surface area contributed by atoms with Crippen molar-refractivity contribution in [3.63, 3.8) is 0 Å². The highest BCUT2D eigenvalue weighted by Crippen LogP contribution is 2.26. The second-order valence-electron chi connectivity index (χ2n) is 5.02. The number of benzene rings is 1. The molecule has 1 atom stereocenters. The number of imidazole rings is 1. The SMILES string of the molecule is CCC(C(=O)O)n1c(COC)nc2cc(C)c(C)cc21. The fourth-order valence-corrected chi connectivity index (χ4v) is 2.45. The van der Waals surface area contributed by atoms with Gasteiger partial charge < -0.3 is 14.4 Å². The van der Waals surface area contributed by atoms with Gasteiger partial charge in [-0.05, 0) is 43.5 Å². The first-order chi connectivity index (χ1) is 9.49. The maximum absolute atomic E-state index is 11.5. The Kier molecular flexibility index (Phi) is 4.09. The Balaban J connectivity index is 2.73. The molecule has 1 heterocycles. The molecule has 1 aromatic heterocycles. The number of rotatable bonds is 5. The predicted octanol–water partition coefficient (Wildman–Crippen LogP) is 2.84. The van der Waals surface area contributed by atoms with Crippen LogP contribution in [0.15, 0.2) is 12.1 Å². The van der Waals surface area contributed by atoms with Crippen molar-refractivity contribution in [2.45, 2.75) is 39.8 Å². The maximum atomic E-state index is 11.5. The van der Waals surface area contributed by atoms with Crippen molar-refractivity contribution in [3.8, 4) is 0 Å². The molecule has 1 aromatic carbocycles. The molecule has 0 amide bonds. The molecular weight excluding hydrogens is 256 g/mol. The number of methoxy groups -OCH3 is 1. The Bertz CT molecular complexity index is 646. The summed E-state index contributed by atoms with van der Waals surface area (Å²) in [5.74, 6) is -0.191. The quantitative estimate of drug-likeness (QED) is 0.912. The van der Waals surface area contributed by atoms with Crippen molar-refractivity contribution in [1.29, 1.82) is 0 Å². The summed E-state index contributed by atoms with van der Waals surface area (Å²) in [6.07, 6.45) is 0.504. The Morgan fingerprint density at radius 1 is 1.40 bits per heavy atom. The highest BCUT2D eigenvalue weighted by Gasteiger charge is 2.23. The van der Waals surface area contributed by atoms with Crippen molar-refractivity contribution < 1.29 is 14.6 Å². The van der Waals surface area contributed by atoms with E-state index in [1.165, 1.54) is 0 Å². The first-order valence-electron chi connectivity index (χ1n) is 6.69. The largest absolute Gasteiger partial charge is 0.480 e. The van der Waals surface area contributed by atoms with Crippen LogP contribution in [-0.2, 0) is 16.1 Å². The lowest BCUT2D eigenvalue weighted by molar-refractivity contribution is -0.141. The lowest BCUT2D eigenvalue weighted by atomic mass is 10.1. The first-order valence-corrected chi connectivity index (χ1v) is 6.69. The minimum Gasteiger partial charge on any atom is -0.480 e. The fraction of sp³-hybridized carbons (Fsp3) is 0.467. The highest BCUT2D eigenvalue weighted by atomic mass is 16.5. The molecule has 0 aliphatic heterocycles. The second kappa shape index (κ2) is 5.63. The van der Waals surface area contributed by atoms with Gasteiger partial charge in [0.25, 0.3) is 0 Å². The van der Waals surface area contributed by atoms with E-state index >= 15 is 0 Å². The number of aromatic nitrogens is 2. The molecule has 0 aliphatic carbocycles. The van der Waals surface area contributed by atoms with Crippen LogP contribution in [-0.4, -0.2) is 27.7 Å². The van der Waals surface area contributed by atoms with Crippen LogP contribution < -0.4 is 0 Å². The zero-order chi connectivity index (χ0) is 14.9. The molecular formula is C15H20N2O3. The lowest BCUT2D eigenvalue weighted by Crippen LogP contribution is -2.20. The number of hydrogen-bond acceptors (Lipinski definition) is 3. The van der Waals surface area contributed by atoms with Crippen LogP contribution in [0.3, 0.4) is 0 Å². The van der Waals surface area contributed by atoms with Gasteiger partial charge >= 0.3 is 5.97 Å². The van der Waals surface area contributed by atoms with Gasteiger partial charge in [0.2, 0.25) is 0 Å². The molecule has 20 heavy (non-hydrogen) atoms. The normalized spacial score (nSPS) is 12.8. The molecule has 1 N–H and O–H groups in total. The third-order valence-electron chi connectivity index (χ3n) is 3.63. The highest BCUT2D eigenvalue weighted by molar-refractivity contribution is 5.81. The van der Waals surface area contributed by atoms with E-state index in [-0.39, 0.29) is 0 Å². The van der Waals surface area contributed by atoms with Crippen molar-refractivity contribution >= 4 is 17.0 Å². The first kappa shape index (κ1) is 14.5. The van der Waals surface area contributed by atoms with Gasteiger partial charge in [-0.2, -0.15) is 0 Å². The molecule has 0 radical (unpaired) electrons. The molecule has 2 aromatic rings. The summed E-state index contributed by atoms with van der Waals surface area (Å²) < 4.78 is 6.94. The number of nitrogens with zero attached hydrogens (tertiary/aromatic N) is 2. The van der Waals surface area contributed by atoms with E-state index in [0.717, 1.165) is 22.2 Å². The molecule has 0 aliphatic rings. The van der Waals surface area contributed by atoms with Crippen LogP contribution in [0.4, 0.5) is 0 Å². The minimum atomic E-state index is -0.845. The van der Waals surface area contributed by atoms with Crippen molar-refractivity contribution in [1.82, 2.24) is 9.55 Å². The van der Waals surface area contributed by atoms with Crippen LogP contribution in [0, 0.1) is 13.8 Å². The van der Waals surface area contributed by atoms with E-state index in [0.29, 0.717) is 18.9 Å². The molecule has 0 saturated carbocycles. The molecule has 108 valence electrons. The van der Waals surface area contributed by atoms with Gasteiger partial charge in [0.15, 0.2) is 0 Å². The molecule has 1 unspecified atom stereocenters. The van der Waals surface area contributed by atoms with Gasteiger partial charge in [-0.25, -0.2) is 9.78 Å². The zero-order valence-corrected chi connectivity index (χ0v) is 12.3. The maximum Gasteiger partial charge on any atom is 0.326 e. The molecule has 0 bridgehead atoms. The van der Waals surface area contributed by atoms with E-state index in [1.807, 2.05) is 32.9 Å². The smallest absolute Gasteiger partial charge is 0.326 e. The van der Waals surface area contributed by atoms with Crippen molar-refractivity contribution in [2.24, 2.45) is 0 Å². The number of carboxylic acid groups (broad SMARTS) is 1. The summed E-state index contributed by atoms with van der Waals surface area (Å²) in [5, 5.41) is 9.43.